The van der Waals surface area contributed by atoms with Crippen LogP contribution in [0.5, 0.6) is 5.75 Å². The van der Waals surface area contributed by atoms with Gasteiger partial charge in [0.05, 0.1) is 6.61 Å². The van der Waals surface area contributed by atoms with E-state index in [9.17, 15) is 0 Å². The summed E-state index contributed by atoms with van der Waals surface area (Å²) in [6.45, 7) is 3.13. The van der Waals surface area contributed by atoms with Gasteiger partial charge in [0.15, 0.2) is 0 Å². The van der Waals surface area contributed by atoms with Crippen LogP contribution in [0.2, 0.25) is 0 Å². The summed E-state index contributed by atoms with van der Waals surface area (Å²) in [6, 6.07) is 15.2. The summed E-state index contributed by atoms with van der Waals surface area (Å²) < 4.78 is 6.15. The maximum atomic E-state index is 6.15. The van der Waals surface area contributed by atoms with Crippen LogP contribution >= 0.6 is 0 Å². The van der Waals surface area contributed by atoms with E-state index in [1.807, 2.05) is 0 Å². The molecule has 0 fully saturated rings. The molecule has 1 heteroatoms. The minimum atomic E-state index is 0.850. The Morgan fingerprint density at radius 2 is 1.35 bits per heavy atom. The molecule has 0 bridgehead atoms. The lowest BCUT2D eigenvalue weighted by Crippen LogP contribution is -2.00. The first-order valence-corrected chi connectivity index (χ1v) is 10.7. The first kappa shape index (κ1) is 19.0. The topological polar surface area (TPSA) is 9.23 Å². The highest BCUT2D eigenvalue weighted by Gasteiger charge is 2.20. The second kappa shape index (κ2) is 10.4. The third kappa shape index (κ3) is 5.13. The molecule has 0 heterocycles. The van der Waals surface area contributed by atoms with Crippen LogP contribution in [0.4, 0.5) is 0 Å². The van der Waals surface area contributed by atoms with Crippen molar-refractivity contribution in [3.05, 3.63) is 53.6 Å². The third-order valence-corrected chi connectivity index (χ3v) is 5.56. The van der Waals surface area contributed by atoms with Crippen LogP contribution in [-0.2, 0) is 6.42 Å². The lowest BCUT2D eigenvalue weighted by atomic mass is 10.1. The molecule has 0 saturated carbocycles. The number of rotatable bonds is 12. The lowest BCUT2D eigenvalue weighted by Gasteiger charge is -2.11. The Labute approximate surface area is 159 Å². The van der Waals surface area contributed by atoms with Gasteiger partial charge in [-0.15, -0.1) is 0 Å². The summed E-state index contributed by atoms with van der Waals surface area (Å²) in [7, 11) is 0. The van der Waals surface area contributed by atoms with E-state index in [4.69, 9.17) is 4.74 Å². The standard InChI is InChI=1S/C25H34O/c1-2-3-4-5-6-7-8-9-10-13-19-26-25-18-14-17-23-22-16-12-11-15-21(22)20-24(23)25/h11-12,14-18H,2-10,13,19-20H2,1H3. The van der Waals surface area contributed by atoms with E-state index in [0.717, 1.165) is 18.8 Å². The highest BCUT2D eigenvalue weighted by atomic mass is 16.5. The van der Waals surface area contributed by atoms with Crippen LogP contribution in [0, 0.1) is 0 Å². The first-order valence-electron chi connectivity index (χ1n) is 10.7. The fourth-order valence-electron chi connectivity index (χ4n) is 4.03. The number of ether oxygens (including phenoxy) is 1. The summed E-state index contributed by atoms with van der Waals surface area (Å²) in [5, 5.41) is 0. The molecule has 0 amide bonds. The second-order valence-electron chi connectivity index (χ2n) is 7.65. The van der Waals surface area contributed by atoms with Crippen molar-refractivity contribution in [3.63, 3.8) is 0 Å². The van der Waals surface area contributed by atoms with Gasteiger partial charge in [-0.3, -0.25) is 0 Å². The summed E-state index contributed by atoms with van der Waals surface area (Å²) in [6.07, 6.45) is 14.7. The number of fused-ring (bicyclic) bond motifs is 3. The molecule has 0 aliphatic heterocycles. The maximum Gasteiger partial charge on any atom is 0.123 e. The highest BCUT2D eigenvalue weighted by molar-refractivity contribution is 5.78. The molecular weight excluding hydrogens is 316 g/mol. The van der Waals surface area contributed by atoms with E-state index in [2.05, 4.69) is 49.4 Å². The smallest absolute Gasteiger partial charge is 0.123 e. The van der Waals surface area contributed by atoms with Gasteiger partial charge < -0.3 is 4.74 Å². The van der Waals surface area contributed by atoms with E-state index in [1.54, 1.807) is 0 Å². The van der Waals surface area contributed by atoms with Crippen LogP contribution in [-0.4, -0.2) is 6.61 Å². The van der Waals surface area contributed by atoms with Gasteiger partial charge in [0.1, 0.15) is 5.75 Å². The van der Waals surface area contributed by atoms with Crippen molar-refractivity contribution in [1.29, 1.82) is 0 Å². The molecule has 1 aliphatic rings. The Hall–Kier alpha value is -1.76. The maximum absolute atomic E-state index is 6.15. The monoisotopic (exact) mass is 350 g/mol. The molecule has 0 atom stereocenters. The Morgan fingerprint density at radius 3 is 2.12 bits per heavy atom. The first-order chi connectivity index (χ1) is 12.9. The summed E-state index contributed by atoms with van der Waals surface area (Å²) >= 11 is 0. The second-order valence-corrected chi connectivity index (χ2v) is 7.65. The predicted octanol–water partition coefficient (Wildman–Crippen LogP) is 7.56. The van der Waals surface area contributed by atoms with E-state index in [0.29, 0.717) is 0 Å². The molecule has 3 rings (SSSR count). The van der Waals surface area contributed by atoms with Crippen LogP contribution in [0.15, 0.2) is 42.5 Å². The van der Waals surface area contributed by atoms with E-state index in [1.165, 1.54) is 86.5 Å². The van der Waals surface area contributed by atoms with Crippen molar-refractivity contribution in [2.24, 2.45) is 0 Å². The van der Waals surface area contributed by atoms with Crippen LogP contribution < -0.4 is 4.74 Å². The zero-order chi connectivity index (χ0) is 18.0. The fraction of sp³-hybridized carbons (Fsp3) is 0.520. The summed E-state index contributed by atoms with van der Waals surface area (Å²) in [5.74, 6) is 1.09. The minimum Gasteiger partial charge on any atom is -0.493 e. The van der Waals surface area contributed by atoms with Gasteiger partial charge in [0.2, 0.25) is 0 Å². The highest BCUT2D eigenvalue weighted by Crippen LogP contribution is 2.40. The zero-order valence-corrected chi connectivity index (χ0v) is 16.4. The number of hydrogen-bond donors (Lipinski definition) is 0. The predicted molar refractivity (Wildman–Crippen MR) is 112 cm³/mol. The molecule has 2 aromatic rings. The van der Waals surface area contributed by atoms with E-state index >= 15 is 0 Å². The molecule has 0 N–H and O–H groups in total. The van der Waals surface area contributed by atoms with Crippen molar-refractivity contribution in [3.8, 4) is 16.9 Å². The Balaban J connectivity index is 1.33. The average molecular weight is 351 g/mol. The molecule has 1 aliphatic carbocycles. The van der Waals surface area contributed by atoms with Gasteiger partial charge in [0.25, 0.3) is 0 Å². The molecule has 0 spiro atoms. The van der Waals surface area contributed by atoms with Gasteiger partial charge in [-0.2, -0.15) is 0 Å². The summed E-state index contributed by atoms with van der Waals surface area (Å²) in [4.78, 5) is 0. The van der Waals surface area contributed by atoms with Gasteiger partial charge >= 0.3 is 0 Å². The molecule has 0 aromatic heterocycles. The quantitative estimate of drug-likeness (QED) is 0.306. The van der Waals surface area contributed by atoms with E-state index < -0.39 is 0 Å². The van der Waals surface area contributed by atoms with Crippen LogP contribution in [0.3, 0.4) is 0 Å². The normalized spacial score (nSPS) is 12.0. The van der Waals surface area contributed by atoms with Crippen molar-refractivity contribution in [2.75, 3.05) is 6.61 Å². The third-order valence-electron chi connectivity index (χ3n) is 5.56. The fourth-order valence-corrected chi connectivity index (χ4v) is 4.03. The molecular formula is C25H34O. The SMILES string of the molecule is CCCCCCCCCCCCOc1cccc2c1Cc1ccccc1-2. The van der Waals surface area contributed by atoms with Gasteiger partial charge in [0, 0.05) is 12.0 Å². The number of benzene rings is 2. The molecule has 26 heavy (non-hydrogen) atoms. The van der Waals surface area contributed by atoms with Crippen LogP contribution in [0.1, 0.15) is 82.3 Å². The Morgan fingerprint density at radius 1 is 0.692 bits per heavy atom. The van der Waals surface area contributed by atoms with Gasteiger partial charge in [-0.25, -0.2) is 0 Å². The Kier molecular flexibility index (Phi) is 7.61. The van der Waals surface area contributed by atoms with Gasteiger partial charge in [-0.1, -0.05) is 101 Å². The summed E-state index contributed by atoms with van der Waals surface area (Å²) in [5.41, 5.74) is 5.55. The molecule has 0 saturated heterocycles. The van der Waals surface area contributed by atoms with Crippen molar-refractivity contribution in [2.45, 2.75) is 77.6 Å². The van der Waals surface area contributed by atoms with Crippen molar-refractivity contribution < 1.29 is 4.74 Å². The minimum absolute atomic E-state index is 0.850. The molecule has 0 radical (unpaired) electrons. The van der Waals surface area contributed by atoms with Crippen LogP contribution in [0.25, 0.3) is 11.1 Å². The Bertz CT molecular complexity index is 674. The van der Waals surface area contributed by atoms with E-state index in [-0.39, 0.29) is 0 Å². The molecule has 1 nitrogen and oxygen atoms in total. The van der Waals surface area contributed by atoms with Crippen molar-refractivity contribution in [1.82, 2.24) is 0 Å². The molecule has 2 aromatic carbocycles. The lowest BCUT2D eigenvalue weighted by molar-refractivity contribution is 0.302. The average Bonchev–Trinajstić information content (AvgIpc) is 3.06. The largest absolute Gasteiger partial charge is 0.493 e. The molecule has 140 valence electrons. The number of hydrogen-bond acceptors (Lipinski definition) is 1. The van der Waals surface area contributed by atoms with Gasteiger partial charge in [-0.05, 0) is 29.2 Å². The molecule has 0 unspecified atom stereocenters. The number of unbranched alkanes of at least 4 members (excludes halogenated alkanes) is 9. The zero-order valence-electron chi connectivity index (χ0n) is 16.4. The van der Waals surface area contributed by atoms with Crippen molar-refractivity contribution >= 4 is 0 Å².